The second kappa shape index (κ2) is 6.68. The van der Waals surface area contributed by atoms with Gasteiger partial charge in [0.2, 0.25) is 0 Å². The fraction of sp³-hybridized carbons (Fsp3) is 0.300. The number of aliphatic imine (C=N–C) groups is 1. The molecule has 0 fully saturated rings. The van der Waals surface area contributed by atoms with Crippen LogP contribution in [-0.2, 0) is 16.8 Å². The third-order valence-electron chi connectivity index (χ3n) is 4.89. The first-order valence-corrected chi connectivity index (χ1v) is 9.66. The van der Waals surface area contributed by atoms with E-state index in [0.29, 0.717) is 11.6 Å². The molecule has 0 radical (unpaired) electrons. The molecule has 4 rings (SSSR count). The molecule has 2 aromatic carbocycles. The summed E-state index contributed by atoms with van der Waals surface area (Å²) in [6, 6.07) is 15.6. The number of carbonyl (C=O) groups excluding carboxylic acids is 1. The van der Waals surface area contributed by atoms with Crippen LogP contribution < -0.4 is 15.8 Å². The summed E-state index contributed by atoms with van der Waals surface area (Å²) >= 11 is 1.58. The lowest BCUT2D eigenvalue weighted by Crippen LogP contribution is -2.32. The number of nitrogens with one attached hydrogen (secondary N) is 1. The number of ether oxygens (including phenoxy) is 1. The first kappa shape index (κ1) is 17.0. The topological polar surface area (TPSA) is 76.7 Å². The molecule has 0 aromatic heterocycles. The number of nitrogens with two attached hydrogens (primary N) is 1. The molecular weight excluding hydrogens is 346 g/mol. The average molecular weight is 367 g/mol. The molecule has 134 valence electrons. The van der Waals surface area contributed by atoms with Crippen LogP contribution in [0.5, 0.6) is 5.75 Å². The predicted octanol–water partition coefficient (Wildman–Crippen LogP) is 3.30. The highest BCUT2D eigenvalue weighted by atomic mass is 32.2. The van der Waals surface area contributed by atoms with Crippen LogP contribution in [0.15, 0.2) is 53.5 Å². The molecule has 0 spiro atoms. The smallest absolute Gasteiger partial charge is 0.265 e. The van der Waals surface area contributed by atoms with Gasteiger partial charge in [0.15, 0.2) is 11.3 Å². The van der Waals surface area contributed by atoms with Gasteiger partial charge in [-0.05, 0) is 42.7 Å². The van der Waals surface area contributed by atoms with Crippen molar-refractivity contribution in [2.45, 2.75) is 31.4 Å². The van der Waals surface area contributed by atoms with E-state index in [2.05, 4.69) is 17.2 Å². The van der Waals surface area contributed by atoms with E-state index in [1.165, 1.54) is 0 Å². The van der Waals surface area contributed by atoms with Crippen molar-refractivity contribution in [3.8, 4) is 5.75 Å². The molecule has 2 atom stereocenters. The lowest BCUT2D eigenvalue weighted by Gasteiger charge is -2.30. The summed E-state index contributed by atoms with van der Waals surface area (Å²) in [4.78, 5) is 17.2. The van der Waals surface area contributed by atoms with Crippen molar-refractivity contribution >= 4 is 28.5 Å². The number of carbonyl (C=O) groups is 1. The van der Waals surface area contributed by atoms with Gasteiger partial charge in [-0.15, -0.1) is 0 Å². The number of rotatable bonds is 3. The number of nitrogens with zero attached hydrogens (tertiary/aromatic N) is 1. The normalized spacial score (nSPS) is 24.3. The Kier molecular flexibility index (Phi) is 4.36. The minimum absolute atomic E-state index is 0.134. The lowest BCUT2D eigenvalue weighted by atomic mass is 9.89. The second-order valence-electron chi connectivity index (χ2n) is 6.81. The van der Waals surface area contributed by atoms with Crippen LogP contribution in [0.2, 0.25) is 0 Å². The number of fused-ring (bicyclic) bond motifs is 1. The number of anilines is 1. The minimum atomic E-state index is -0.494. The zero-order chi connectivity index (χ0) is 18.1. The zero-order valence-corrected chi connectivity index (χ0v) is 15.4. The maximum Gasteiger partial charge on any atom is 0.265 e. The molecule has 6 heteroatoms. The van der Waals surface area contributed by atoms with Crippen molar-refractivity contribution in [1.29, 1.82) is 0 Å². The van der Waals surface area contributed by atoms with E-state index in [4.69, 9.17) is 10.5 Å². The first-order chi connectivity index (χ1) is 12.5. The summed E-state index contributed by atoms with van der Waals surface area (Å²) in [7, 11) is 0. The SMILES string of the molecule is CC1(c2cccc(NC(=O)C3Cc4ccccc4O3)c2)CCSC(N)=N1. The Labute approximate surface area is 157 Å². The summed E-state index contributed by atoms with van der Waals surface area (Å²) in [5.41, 5.74) is 8.44. The summed E-state index contributed by atoms with van der Waals surface area (Å²) in [5, 5.41) is 3.59. The fourth-order valence-electron chi connectivity index (χ4n) is 3.38. The van der Waals surface area contributed by atoms with E-state index in [9.17, 15) is 4.79 Å². The highest BCUT2D eigenvalue weighted by Gasteiger charge is 2.31. The van der Waals surface area contributed by atoms with Crippen molar-refractivity contribution in [3.05, 3.63) is 59.7 Å². The van der Waals surface area contributed by atoms with Crippen molar-refractivity contribution in [2.75, 3.05) is 11.1 Å². The number of amidine groups is 1. The van der Waals surface area contributed by atoms with Crippen LogP contribution in [0.3, 0.4) is 0 Å². The highest BCUT2D eigenvalue weighted by Crippen LogP contribution is 2.36. The summed E-state index contributed by atoms with van der Waals surface area (Å²) in [5.74, 6) is 1.60. The molecule has 3 N–H and O–H groups in total. The summed E-state index contributed by atoms with van der Waals surface area (Å²) in [6.07, 6.45) is 1.01. The van der Waals surface area contributed by atoms with Gasteiger partial charge in [0.05, 0.1) is 5.54 Å². The predicted molar refractivity (Wildman–Crippen MR) is 106 cm³/mol. The number of amides is 1. The number of para-hydroxylation sites is 1. The molecule has 2 aromatic rings. The van der Waals surface area contributed by atoms with Gasteiger partial charge in [-0.2, -0.15) is 0 Å². The van der Waals surface area contributed by atoms with E-state index in [1.54, 1.807) is 11.8 Å². The largest absolute Gasteiger partial charge is 0.480 e. The molecule has 2 heterocycles. The standard InChI is InChI=1S/C20H21N3O2S/c1-20(9-10-26-19(21)23-20)14-6-4-7-15(12-14)22-18(24)17-11-13-5-2-3-8-16(13)25-17/h2-8,12,17H,9-11H2,1H3,(H2,21,23)(H,22,24). The van der Waals surface area contributed by atoms with Crippen LogP contribution in [0.1, 0.15) is 24.5 Å². The van der Waals surface area contributed by atoms with Gasteiger partial charge in [-0.25, -0.2) is 0 Å². The van der Waals surface area contributed by atoms with E-state index >= 15 is 0 Å². The Morgan fingerprint density at radius 2 is 2.15 bits per heavy atom. The lowest BCUT2D eigenvalue weighted by molar-refractivity contribution is -0.122. The van der Waals surface area contributed by atoms with Crippen LogP contribution in [0, 0.1) is 0 Å². The van der Waals surface area contributed by atoms with E-state index in [0.717, 1.165) is 34.7 Å². The Morgan fingerprint density at radius 3 is 2.96 bits per heavy atom. The van der Waals surface area contributed by atoms with Gasteiger partial charge in [0.1, 0.15) is 5.75 Å². The highest BCUT2D eigenvalue weighted by molar-refractivity contribution is 8.13. The molecule has 0 bridgehead atoms. The van der Waals surface area contributed by atoms with Crippen LogP contribution >= 0.6 is 11.8 Å². The molecule has 1 amide bonds. The first-order valence-electron chi connectivity index (χ1n) is 8.68. The van der Waals surface area contributed by atoms with Gasteiger partial charge in [-0.3, -0.25) is 9.79 Å². The summed E-state index contributed by atoms with van der Waals surface area (Å²) < 4.78 is 5.77. The van der Waals surface area contributed by atoms with Gasteiger partial charge in [0.25, 0.3) is 5.91 Å². The molecule has 0 saturated heterocycles. The molecule has 26 heavy (non-hydrogen) atoms. The minimum Gasteiger partial charge on any atom is -0.480 e. The molecule has 0 aliphatic carbocycles. The van der Waals surface area contributed by atoms with Crippen LogP contribution in [0.4, 0.5) is 5.69 Å². The Morgan fingerprint density at radius 1 is 1.31 bits per heavy atom. The van der Waals surface area contributed by atoms with Crippen LogP contribution in [0.25, 0.3) is 0 Å². The molecular formula is C20H21N3O2S. The van der Waals surface area contributed by atoms with Crippen molar-refractivity contribution in [3.63, 3.8) is 0 Å². The quantitative estimate of drug-likeness (QED) is 0.873. The number of thioether (sulfide) groups is 1. The Hall–Kier alpha value is -2.47. The second-order valence-corrected chi connectivity index (χ2v) is 7.93. The van der Waals surface area contributed by atoms with Gasteiger partial charge >= 0.3 is 0 Å². The Bertz CT molecular complexity index is 858. The molecule has 2 unspecified atom stereocenters. The molecule has 0 saturated carbocycles. The third kappa shape index (κ3) is 3.29. The van der Waals surface area contributed by atoms with Gasteiger partial charge < -0.3 is 15.8 Å². The molecule has 2 aliphatic heterocycles. The van der Waals surface area contributed by atoms with E-state index in [-0.39, 0.29) is 11.4 Å². The van der Waals surface area contributed by atoms with E-state index < -0.39 is 6.10 Å². The number of hydrogen-bond acceptors (Lipinski definition) is 5. The maximum absolute atomic E-state index is 12.6. The van der Waals surface area contributed by atoms with Crippen molar-refractivity contribution in [1.82, 2.24) is 0 Å². The number of benzene rings is 2. The fourth-order valence-corrected chi connectivity index (χ4v) is 4.35. The molecule has 5 nitrogen and oxygen atoms in total. The van der Waals surface area contributed by atoms with Crippen molar-refractivity contribution < 1.29 is 9.53 Å². The van der Waals surface area contributed by atoms with Crippen molar-refractivity contribution in [2.24, 2.45) is 10.7 Å². The summed E-state index contributed by atoms with van der Waals surface area (Å²) in [6.45, 7) is 2.08. The van der Waals surface area contributed by atoms with Crippen LogP contribution in [-0.4, -0.2) is 22.9 Å². The molecule has 2 aliphatic rings. The number of hydrogen-bond donors (Lipinski definition) is 2. The average Bonchev–Trinajstić information content (AvgIpc) is 3.06. The Balaban J connectivity index is 1.50. The maximum atomic E-state index is 12.6. The van der Waals surface area contributed by atoms with Gasteiger partial charge in [-0.1, -0.05) is 42.1 Å². The van der Waals surface area contributed by atoms with Gasteiger partial charge in [0, 0.05) is 17.9 Å². The zero-order valence-electron chi connectivity index (χ0n) is 14.6. The third-order valence-corrected chi connectivity index (χ3v) is 5.68. The van der Waals surface area contributed by atoms with E-state index in [1.807, 2.05) is 48.5 Å². The monoisotopic (exact) mass is 367 g/mol.